The number of amides is 1. The summed E-state index contributed by atoms with van der Waals surface area (Å²) >= 11 is 1.67. The van der Waals surface area contributed by atoms with Crippen LogP contribution in [-0.4, -0.2) is 40.1 Å². The first-order chi connectivity index (χ1) is 11.1. The SMILES string of the molecule is Cc1cc(C2CCCN(C(C)C(=O)NCc3cccs3)C2)n[nH]1. The first-order valence-electron chi connectivity index (χ1n) is 8.19. The molecule has 0 spiro atoms. The number of carbonyl (C=O) groups excluding carboxylic acids is 1. The maximum absolute atomic E-state index is 12.4. The number of aryl methyl sites for hydroxylation is 1. The van der Waals surface area contributed by atoms with Crippen molar-refractivity contribution in [3.8, 4) is 0 Å². The average Bonchev–Trinajstić information content (AvgIpc) is 3.23. The van der Waals surface area contributed by atoms with Crippen LogP contribution in [0, 0.1) is 6.92 Å². The summed E-state index contributed by atoms with van der Waals surface area (Å²) in [4.78, 5) is 15.9. The molecule has 1 saturated heterocycles. The van der Waals surface area contributed by atoms with Crippen molar-refractivity contribution in [1.82, 2.24) is 20.4 Å². The lowest BCUT2D eigenvalue weighted by Gasteiger charge is -2.35. The summed E-state index contributed by atoms with van der Waals surface area (Å²) in [6.07, 6.45) is 2.25. The van der Waals surface area contributed by atoms with Crippen LogP contribution in [0.4, 0.5) is 0 Å². The van der Waals surface area contributed by atoms with Crippen LogP contribution in [0.5, 0.6) is 0 Å². The van der Waals surface area contributed by atoms with E-state index in [0.29, 0.717) is 12.5 Å². The van der Waals surface area contributed by atoms with Gasteiger partial charge in [-0.1, -0.05) is 6.07 Å². The highest BCUT2D eigenvalue weighted by molar-refractivity contribution is 7.09. The molecule has 2 aromatic heterocycles. The van der Waals surface area contributed by atoms with Gasteiger partial charge in [-0.25, -0.2) is 0 Å². The van der Waals surface area contributed by atoms with E-state index in [9.17, 15) is 4.79 Å². The highest BCUT2D eigenvalue weighted by atomic mass is 32.1. The normalized spacial score (nSPS) is 20.3. The number of piperidine rings is 1. The molecule has 0 bridgehead atoms. The molecule has 2 atom stereocenters. The highest BCUT2D eigenvalue weighted by Gasteiger charge is 2.29. The lowest BCUT2D eigenvalue weighted by Crippen LogP contribution is -2.48. The zero-order valence-electron chi connectivity index (χ0n) is 13.7. The molecule has 3 heterocycles. The average molecular weight is 332 g/mol. The van der Waals surface area contributed by atoms with Crippen LogP contribution < -0.4 is 5.32 Å². The van der Waals surface area contributed by atoms with Crippen LogP contribution in [0.15, 0.2) is 23.6 Å². The van der Waals surface area contributed by atoms with Gasteiger partial charge in [0.1, 0.15) is 0 Å². The maximum atomic E-state index is 12.4. The minimum absolute atomic E-state index is 0.0993. The Kier molecular flexibility index (Phi) is 5.13. The van der Waals surface area contributed by atoms with Crippen LogP contribution in [0.25, 0.3) is 0 Å². The molecule has 2 aromatic rings. The third-order valence-corrected chi connectivity index (χ3v) is 5.42. The Morgan fingerprint density at radius 1 is 1.61 bits per heavy atom. The van der Waals surface area contributed by atoms with Crippen LogP contribution in [0.3, 0.4) is 0 Å². The number of hydrogen-bond donors (Lipinski definition) is 2. The Balaban J connectivity index is 1.55. The number of aromatic nitrogens is 2. The van der Waals surface area contributed by atoms with Gasteiger partial charge >= 0.3 is 0 Å². The molecule has 6 heteroatoms. The molecule has 2 unspecified atom stereocenters. The molecule has 1 aliphatic rings. The second-order valence-electron chi connectivity index (χ2n) is 6.28. The molecule has 5 nitrogen and oxygen atoms in total. The van der Waals surface area contributed by atoms with Crippen molar-refractivity contribution < 1.29 is 4.79 Å². The quantitative estimate of drug-likeness (QED) is 0.885. The van der Waals surface area contributed by atoms with Crippen LogP contribution in [-0.2, 0) is 11.3 Å². The predicted molar refractivity (Wildman–Crippen MR) is 92.5 cm³/mol. The summed E-state index contributed by atoms with van der Waals surface area (Å²) < 4.78 is 0. The summed E-state index contributed by atoms with van der Waals surface area (Å²) in [6.45, 7) is 6.53. The smallest absolute Gasteiger partial charge is 0.237 e. The van der Waals surface area contributed by atoms with Gasteiger partial charge in [0.25, 0.3) is 0 Å². The molecule has 1 aliphatic heterocycles. The van der Waals surface area contributed by atoms with E-state index >= 15 is 0 Å². The van der Waals surface area contributed by atoms with Gasteiger partial charge in [-0.05, 0) is 50.7 Å². The topological polar surface area (TPSA) is 61.0 Å². The lowest BCUT2D eigenvalue weighted by atomic mass is 9.93. The Morgan fingerprint density at radius 2 is 2.48 bits per heavy atom. The van der Waals surface area contributed by atoms with Gasteiger partial charge in [-0.15, -0.1) is 11.3 Å². The van der Waals surface area contributed by atoms with E-state index in [1.54, 1.807) is 11.3 Å². The fourth-order valence-electron chi connectivity index (χ4n) is 3.15. The molecule has 1 fully saturated rings. The van der Waals surface area contributed by atoms with Gasteiger partial charge in [0, 0.05) is 23.0 Å². The summed E-state index contributed by atoms with van der Waals surface area (Å²) in [6, 6.07) is 6.08. The van der Waals surface area contributed by atoms with Crippen molar-refractivity contribution in [2.75, 3.05) is 13.1 Å². The minimum Gasteiger partial charge on any atom is -0.350 e. The predicted octanol–water partition coefficient (Wildman–Crippen LogP) is 2.66. The van der Waals surface area contributed by atoms with Crippen molar-refractivity contribution in [3.05, 3.63) is 39.8 Å². The molecule has 1 amide bonds. The van der Waals surface area contributed by atoms with Gasteiger partial charge in [-0.2, -0.15) is 5.10 Å². The number of rotatable bonds is 5. The summed E-state index contributed by atoms with van der Waals surface area (Å²) in [5.41, 5.74) is 2.22. The monoisotopic (exact) mass is 332 g/mol. The molecular weight excluding hydrogens is 308 g/mol. The lowest BCUT2D eigenvalue weighted by molar-refractivity contribution is -0.126. The van der Waals surface area contributed by atoms with Crippen molar-refractivity contribution in [3.63, 3.8) is 0 Å². The Hall–Kier alpha value is -1.66. The molecule has 124 valence electrons. The number of nitrogens with one attached hydrogen (secondary N) is 2. The van der Waals surface area contributed by atoms with Gasteiger partial charge in [0.15, 0.2) is 0 Å². The third kappa shape index (κ3) is 4.00. The number of likely N-dealkylation sites (tertiary alicyclic amines) is 1. The van der Waals surface area contributed by atoms with Crippen LogP contribution >= 0.6 is 11.3 Å². The van der Waals surface area contributed by atoms with Crippen molar-refractivity contribution in [2.24, 2.45) is 0 Å². The van der Waals surface area contributed by atoms with E-state index in [2.05, 4.69) is 26.5 Å². The fourth-order valence-corrected chi connectivity index (χ4v) is 3.79. The van der Waals surface area contributed by atoms with E-state index < -0.39 is 0 Å². The Bertz CT molecular complexity index is 637. The van der Waals surface area contributed by atoms with Gasteiger partial charge in [-0.3, -0.25) is 14.8 Å². The van der Waals surface area contributed by atoms with Crippen molar-refractivity contribution >= 4 is 17.2 Å². The molecule has 23 heavy (non-hydrogen) atoms. The van der Waals surface area contributed by atoms with Gasteiger partial charge in [0.2, 0.25) is 5.91 Å². The van der Waals surface area contributed by atoms with E-state index in [1.807, 2.05) is 31.4 Å². The molecular formula is C17H24N4OS. The third-order valence-electron chi connectivity index (χ3n) is 4.54. The largest absolute Gasteiger partial charge is 0.350 e. The zero-order chi connectivity index (χ0) is 16.2. The number of nitrogens with zero attached hydrogens (tertiary/aromatic N) is 2. The standard InChI is InChI=1S/C17H24N4OS/c1-12-9-16(20-19-12)14-5-3-7-21(11-14)13(2)17(22)18-10-15-6-4-8-23-15/h4,6,8-9,13-14H,3,5,7,10-11H2,1-2H3,(H,18,22)(H,19,20). The molecule has 0 aliphatic carbocycles. The highest BCUT2D eigenvalue weighted by Crippen LogP contribution is 2.27. The van der Waals surface area contributed by atoms with Gasteiger partial charge < -0.3 is 5.32 Å². The van der Waals surface area contributed by atoms with Crippen LogP contribution in [0.2, 0.25) is 0 Å². The molecule has 0 saturated carbocycles. The van der Waals surface area contributed by atoms with Crippen molar-refractivity contribution in [2.45, 2.75) is 45.2 Å². The number of H-pyrrole nitrogens is 1. The summed E-state index contributed by atoms with van der Waals surface area (Å²) in [5, 5.41) is 12.5. The zero-order valence-corrected chi connectivity index (χ0v) is 14.5. The second-order valence-corrected chi connectivity index (χ2v) is 7.32. The molecule has 0 aromatic carbocycles. The van der Waals surface area contributed by atoms with E-state index in [1.165, 1.54) is 4.88 Å². The Morgan fingerprint density at radius 3 is 3.17 bits per heavy atom. The number of hydrogen-bond acceptors (Lipinski definition) is 4. The molecule has 3 rings (SSSR count). The van der Waals surface area contributed by atoms with E-state index in [-0.39, 0.29) is 11.9 Å². The van der Waals surface area contributed by atoms with E-state index in [4.69, 9.17) is 0 Å². The van der Waals surface area contributed by atoms with Crippen LogP contribution in [0.1, 0.15) is 41.9 Å². The first kappa shape index (κ1) is 16.2. The fraction of sp³-hybridized carbons (Fsp3) is 0.529. The Labute approximate surface area is 141 Å². The van der Waals surface area contributed by atoms with Crippen molar-refractivity contribution in [1.29, 1.82) is 0 Å². The molecule has 0 radical (unpaired) electrons. The van der Waals surface area contributed by atoms with Gasteiger partial charge in [0.05, 0.1) is 18.3 Å². The first-order valence-corrected chi connectivity index (χ1v) is 9.07. The second kappa shape index (κ2) is 7.27. The minimum atomic E-state index is -0.0993. The number of aromatic amines is 1. The summed E-state index contributed by atoms with van der Waals surface area (Å²) in [5.74, 6) is 0.526. The summed E-state index contributed by atoms with van der Waals surface area (Å²) in [7, 11) is 0. The maximum Gasteiger partial charge on any atom is 0.237 e. The number of thiophene rings is 1. The number of carbonyl (C=O) groups is 1. The molecule has 2 N–H and O–H groups in total. The van der Waals surface area contributed by atoms with E-state index in [0.717, 1.165) is 37.3 Å².